The third-order valence-corrected chi connectivity index (χ3v) is 2.87. The summed E-state index contributed by atoms with van der Waals surface area (Å²) in [6.45, 7) is 8.33. The Labute approximate surface area is 113 Å². The molecule has 0 unspecified atom stereocenters. The normalized spacial score (nSPS) is 11.6. The van der Waals surface area contributed by atoms with Gasteiger partial charge in [0.15, 0.2) is 11.6 Å². The lowest BCUT2D eigenvalue weighted by Gasteiger charge is -2.18. The molecule has 19 heavy (non-hydrogen) atoms. The standard InChI is InChI=1S/C14H20N4O/c1-5-9-6-7-10(19-9)13-16-11(14(2,3)4)8-12(17-13)18-15/h6-8H,5,15H2,1-4H3,(H,16,17,18). The van der Waals surface area contributed by atoms with Gasteiger partial charge in [-0.2, -0.15) is 0 Å². The fraction of sp³-hybridized carbons (Fsp3) is 0.429. The molecule has 0 aliphatic heterocycles. The molecule has 0 aromatic carbocycles. The zero-order valence-electron chi connectivity index (χ0n) is 11.8. The molecule has 102 valence electrons. The number of nitrogens with zero attached hydrogens (tertiary/aromatic N) is 2. The predicted molar refractivity (Wildman–Crippen MR) is 75.6 cm³/mol. The number of hydrazine groups is 1. The predicted octanol–water partition coefficient (Wildman–Crippen LogP) is 2.88. The van der Waals surface area contributed by atoms with Crippen LogP contribution in [0.3, 0.4) is 0 Å². The molecule has 0 amide bonds. The topological polar surface area (TPSA) is 77.0 Å². The second-order valence-electron chi connectivity index (χ2n) is 5.48. The second kappa shape index (κ2) is 5.01. The number of anilines is 1. The van der Waals surface area contributed by atoms with Crippen LogP contribution in [0.2, 0.25) is 0 Å². The van der Waals surface area contributed by atoms with E-state index in [1.807, 2.05) is 25.1 Å². The summed E-state index contributed by atoms with van der Waals surface area (Å²) in [6.07, 6.45) is 0.848. The highest BCUT2D eigenvalue weighted by atomic mass is 16.3. The third kappa shape index (κ3) is 2.93. The maximum Gasteiger partial charge on any atom is 0.197 e. The van der Waals surface area contributed by atoms with Crippen molar-refractivity contribution >= 4 is 5.82 Å². The summed E-state index contributed by atoms with van der Waals surface area (Å²) in [7, 11) is 0. The fourth-order valence-electron chi connectivity index (χ4n) is 1.70. The van der Waals surface area contributed by atoms with E-state index in [0.29, 0.717) is 17.4 Å². The van der Waals surface area contributed by atoms with Crippen molar-refractivity contribution in [1.82, 2.24) is 9.97 Å². The number of nitrogen functional groups attached to an aromatic ring is 1. The van der Waals surface area contributed by atoms with E-state index >= 15 is 0 Å². The van der Waals surface area contributed by atoms with Gasteiger partial charge < -0.3 is 9.84 Å². The Morgan fingerprint density at radius 1 is 1.26 bits per heavy atom. The second-order valence-corrected chi connectivity index (χ2v) is 5.48. The van der Waals surface area contributed by atoms with Crippen LogP contribution in [0.15, 0.2) is 22.6 Å². The fourth-order valence-corrected chi connectivity index (χ4v) is 1.70. The number of nitrogens with one attached hydrogen (secondary N) is 1. The summed E-state index contributed by atoms with van der Waals surface area (Å²) in [6, 6.07) is 5.69. The minimum absolute atomic E-state index is 0.0799. The van der Waals surface area contributed by atoms with E-state index in [0.717, 1.165) is 17.9 Å². The van der Waals surface area contributed by atoms with Gasteiger partial charge in [-0.1, -0.05) is 27.7 Å². The molecule has 0 aliphatic carbocycles. The molecule has 2 rings (SSSR count). The van der Waals surface area contributed by atoms with Crippen LogP contribution in [0.25, 0.3) is 11.6 Å². The van der Waals surface area contributed by atoms with Crippen LogP contribution < -0.4 is 11.3 Å². The molecule has 5 nitrogen and oxygen atoms in total. The number of nitrogens with two attached hydrogens (primary N) is 1. The van der Waals surface area contributed by atoms with Crippen LogP contribution in [0.1, 0.15) is 39.1 Å². The first-order chi connectivity index (χ1) is 8.94. The van der Waals surface area contributed by atoms with Gasteiger partial charge in [-0.05, 0) is 12.1 Å². The summed E-state index contributed by atoms with van der Waals surface area (Å²) in [5.74, 6) is 8.20. The third-order valence-electron chi connectivity index (χ3n) is 2.87. The van der Waals surface area contributed by atoms with Gasteiger partial charge in [-0.15, -0.1) is 0 Å². The van der Waals surface area contributed by atoms with Crippen molar-refractivity contribution in [3.8, 4) is 11.6 Å². The summed E-state index contributed by atoms with van der Waals surface area (Å²) < 4.78 is 5.69. The summed E-state index contributed by atoms with van der Waals surface area (Å²) in [4.78, 5) is 8.91. The zero-order valence-corrected chi connectivity index (χ0v) is 11.8. The number of furan rings is 1. The first kappa shape index (κ1) is 13.5. The van der Waals surface area contributed by atoms with E-state index in [2.05, 4.69) is 36.2 Å². The van der Waals surface area contributed by atoms with E-state index in [-0.39, 0.29) is 5.41 Å². The Kier molecular flexibility index (Phi) is 3.57. The summed E-state index contributed by atoms with van der Waals surface area (Å²) >= 11 is 0. The van der Waals surface area contributed by atoms with Crippen molar-refractivity contribution in [2.75, 3.05) is 5.43 Å². The molecule has 0 aliphatic rings. The monoisotopic (exact) mass is 260 g/mol. The minimum Gasteiger partial charge on any atom is -0.458 e. The number of aryl methyl sites for hydroxylation is 1. The largest absolute Gasteiger partial charge is 0.458 e. The van der Waals surface area contributed by atoms with Gasteiger partial charge in [0.05, 0.1) is 5.69 Å². The van der Waals surface area contributed by atoms with Crippen LogP contribution in [-0.4, -0.2) is 9.97 Å². The zero-order chi connectivity index (χ0) is 14.0. The van der Waals surface area contributed by atoms with Gasteiger partial charge in [0.2, 0.25) is 0 Å². The van der Waals surface area contributed by atoms with Crippen molar-refractivity contribution in [3.63, 3.8) is 0 Å². The van der Waals surface area contributed by atoms with Crippen molar-refractivity contribution in [3.05, 3.63) is 29.7 Å². The Balaban J connectivity index is 2.50. The van der Waals surface area contributed by atoms with E-state index in [1.165, 1.54) is 0 Å². The van der Waals surface area contributed by atoms with Crippen molar-refractivity contribution < 1.29 is 4.42 Å². The van der Waals surface area contributed by atoms with Crippen LogP contribution in [0, 0.1) is 0 Å². The minimum atomic E-state index is -0.0799. The molecule has 0 saturated heterocycles. The molecule has 3 N–H and O–H groups in total. The van der Waals surface area contributed by atoms with Crippen molar-refractivity contribution in [2.45, 2.75) is 39.5 Å². The molecule has 0 saturated carbocycles. The maximum atomic E-state index is 5.69. The molecule has 2 aromatic heterocycles. The highest BCUT2D eigenvalue weighted by Gasteiger charge is 2.19. The van der Waals surface area contributed by atoms with E-state index in [9.17, 15) is 0 Å². The average Bonchev–Trinajstić information content (AvgIpc) is 2.86. The Bertz CT molecular complexity index is 569. The molecule has 0 spiro atoms. The van der Waals surface area contributed by atoms with E-state index in [4.69, 9.17) is 10.3 Å². The molecule has 2 aromatic rings. The molecule has 0 fully saturated rings. The van der Waals surface area contributed by atoms with Gasteiger partial charge in [-0.3, -0.25) is 0 Å². The summed E-state index contributed by atoms with van der Waals surface area (Å²) in [5.41, 5.74) is 3.41. The quantitative estimate of drug-likeness (QED) is 0.655. The molecule has 0 radical (unpaired) electrons. The highest BCUT2D eigenvalue weighted by molar-refractivity contribution is 5.52. The molecule has 5 heteroatoms. The molecular weight excluding hydrogens is 240 g/mol. The van der Waals surface area contributed by atoms with E-state index in [1.54, 1.807) is 0 Å². The Hall–Kier alpha value is -1.88. The first-order valence-corrected chi connectivity index (χ1v) is 6.39. The van der Waals surface area contributed by atoms with Gasteiger partial charge in [0.1, 0.15) is 11.6 Å². The number of hydrogen-bond donors (Lipinski definition) is 2. The van der Waals surface area contributed by atoms with Crippen molar-refractivity contribution in [1.29, 1.82) is 0 Å². The first-order valence-electron chi connectivity index (χ1n) is 6.39. The van der Waals surface area contributed by atoms with Crippen LogP contribution in [0.5, 0.6) is 0 Å². The van der Waals surface area contributed by atoms with Gasteiger partial charge in [0, 0.05) is 17.9 Å². The van der Waals surface area contributed by atoms with Gasteiger partial charge >= 0.3 is 0 Å². The Morgan fingerprint density at radius 2 is 2.00 bits per heavy atom. The number of rotatable bonds is 3. The van der Waals surface area contributed by atoms with Crippen LogP contribution in [0.4, 0.5) is 5.82 Å². The summed E-state index contributed by atoms with van der Waals surface area (Å²) in [5, 5.41) is 0. The molecule has 2 heterocycles. The molecule has 0 bridgehead atoms. The lowest BCUT2D eigenvalue weighted by atomic mass is 9.92. The lowest BCUT2D eigenvalue weighted by Crippen LogP contribution is -2.17. The van der Waals surface area contributed by atoms with Gasteiger partial charge in [0.25, 0.3) is 0 Å². The van der Waals surface area contributed by atoms with Crippen LogP contribution in [-0.2, 0) is 11.8 Å². The number of hydrogen-bond acceptors (Lipinski definition) is 5. The maximum absolute atomic E-state index is 5.69. The molecular formula is C14H20N4O. The van der Waals surface area contributed by atoms with Crippen molar-refractivity contribution in [2.24, 2.45) is 5.84 Å². The number of aromatic nitrogens is 2. The smallest absolute Gasteiger partial charge is 0.197 e. The van der Waals surface area contributed by atoms with Crippen LogP contribution >= 0.6 is 0 Å². The SMILES string of the molecule is CCc1ccc(-c2nc(NN)cc(C(C)(C)C)n2)o1. The highest BCUT2D eigenvalue weighted by Crippen LogP contribution is 2.26. The van der Waals surface area contributed by atoms with E-state index < -0.39 is 0 Å². The van der Waals surface area contributed by atoms with Gasteiger partial charge in [-0.25, -0.2) is 15.8 Å². The molecule has 0 atom stereocenters. The lowest BCUT2D eigenvalue weighted by molar-refractivity contribution is 0.522. The Morgan fingerprint density at radius 3 is 2.53 bits per heavy atom. The average molecular weight is 260 g/mol.